The van der Waals surface area contributed by atoms with Crippen LogP contribution in [0.2, 0.25) is 0 Å². The van der Waals surface area contributed by atoms with Crippen LogP contribution in [0.1, 0.15) is 0 Å². The van der Waals surface area contributed by atoms with Crippen molar-refractivity contribution in [2.45, 2.75) is 0 Å². The van der Waals surface area contributed by atoms with Crippen molar-refractivity contribution in [3.05, 3.63) is 0 Å². The number of hydrogen-bond acceptors (Lipinski definition) is 3. The summed E-state index contributed by atoms with van der Waals surface area (Å²) in [7, 11) is -5.42. The summed E-state index contributed by atoms with van der Waals surface area (Å²) in [5.74, 6) is 0. The molecule has 42 valence electrons. The average Bonchev–Trinajstić information content (AvgIpc) is 0.722. The van der Waals surface area contributed by atoms with Gasteiger partial charge in [-0.25, -0.2) is 8.42 Å². The zero-order valence-corrected chi connectivity index (χ0v) is 4.61. The molecule has 0 fully saturated rings. The van der Waals surface area contributed by atoms with Crippen LogP contribution in [0, 0.1) is 0 Å². The van der Waals surface area contributed by atoms with Gasteiger partial charge in [0.05, 0.1) is 0 Å². The Hall–Kier alpha value is 0.580. The Labute approximate surface area is 50.1 Å². The molecule has 0 bridgehead atoms. The molecule has 0 saturated carbocycles. The van der Waals surface area contributed by atoms with Crippen molar-refractivity contribution in [1.82, 2.24) is 0 Å². The molecule has 0 amide bonds. The fourth-order valence-corrected chi connectivity index (χ4v) is 0. The van der Waals surface area contributed by atoms with E-state index >= 15 is 0 Å². The Morgan fingerprint density at radius 3 is 1.50 bits per heavy atom. The van der Waals surface area contributed by atoms with Gasteiger partial charge in [0.15, 0.2) is 0 Å². The van der Waals surface area contributed by atoms with Gasteiger partial charge in [-0.15, -0.1) is 3.89 Å². The van der Waals surface area contributed by atoms with Crippen molar-refractivity contribution in [1.29, 1.82) is 0 Å². The van der Waals surface area contributed by atoms with Gasteiger partial charge in [-0.05, 0) is 0 Å². The Bertz CT molecular complexity index is 94.0. The van der Waals surface area contributed by atoms with Crippen LogP contribution in [0.3, 0.4) is 0 Å². The second-order valence-electron chi connectivity index (χ2n) is 0.393. The van der Waals surface area contributed by atoms with E-state index in [4.69, 9.17) is 13.0 Å². The molecule has 0 N–H and O–H groups in total. The Morgan fingerprint density at radius 2 is 1.50 bits per heavy atom. The minimum absolute atomic E-state index is 0. The molecule has 0 aliphatic heterocycles. The van der Waals surface area contributed by atoms with Crippen molar-refractivity contribution in [2.75, 3.05) is 0 Å². The van der Waals surface area contributed by atoms with E-state index in [2.05, 4.69) is 0 Å². The molecule has 3 nitrogen and oxygen atoms in total. The Balaban J connectivity index is 0. The molecule has 6 heteroatoms. The standard InChI is InChI=1S/Ag.FHO3S/c;1-5(2,3)4/h;(H,2,3,4)/q+1;/p-1. The number of halogens is 1. The van der Waals surface area contributed by atoms with E-state index < -0.39 is 10.5 Å². The fourth-order valence-electron chi connectivity index (χ4n) is 0. The number of rotatable bonds is 0. The molecule has 0 aromatic heterocycles. The molecule has 0 rings (SSSR count). The van der Waals surface area contributed by atoms with E-state index in [1.54, 1.807) is 0 Å². The molecule has 0 atom stereocenters. The van der Waals surface area contributed by atoms with Crippen LogP contribution in [0.4, 0.5) is 3.89 Å². The normalized spacial score (nSPS) is 9.67. The van der Waals surface area contributed by atoms with Gasteiger partial charge < -0.3 is 4.55 Å². The summed E-state index contributed by atoms with van der Waals surface area (Å²) >= 11 is 0. The van der Waals surface area contributed by atoms with E-state index in [9.17, 15) is 3.89 Å². The summed E-state index contributed by atoms with van der Waals surface area (Å²) in [6, 6.07) is 0. The quantitative estimate of drug-likeness (QED) is 0.303. The second kappa shape index (κ2) is 2.70. The maximum Gasteiger partial charge on any atom is 1.00 e. The minimum Gasteiger partial charge on any atom is -0.722 e. The fraction of sp³-hybridized carbons (Fsp3) is 0. The minimum atomic E-state index is -5.42. The predicted molar refractivity (Wildman–Crippen MR) is 10.8 cm³/mol. The molecule has 0 aliphatic carbocycles. The molecule has 0 heterocycles. The van der Waals surface area contributed by atoms with E-state index in [-0.39, 0.29) is 22.4 Å². The van der Waals surface area contributed by atoms with Gasteiger partial charge in [0.2, 0.25) is 0 Å². The average molecular weight is 207 g/mol. The zero-order valence-electron chi connectivity index (χ0n) is 2.31. The summed E-state index contributed by atoms with van der Waals surface area (Å²) in [4.78, 5) is 0. The van der Waals surface area contributed by atoms with Gasteiger partial charge in [-0.2, -0.15) is 0 Å². The first-order valence-corrected chi connectivity index (χ1v) is 1.96. The van der Waals surface area contributed by atoms with E-state index in [1.165, 1.54) is 0 Å². The van der Waals surface area contributed by atoms with Crippen LogP contribution in [0.5, 0.6) is 0 Å². The van der Waals surface area contributed by atoms with Crippen molar-refractivity contribution in [2.24, 2.45) is 0 Å². The van der Waals surface area contributed by atoms with Gasteiger partial charge in [-0.1, -0.05) is 0 Å². The Kier molecular flexibility index (Phi) is 4.40. The molecule has 0 aromatic carbocycles. The van der Waals surface area contributed by atoms with Crippen LogP contribution < -0.4 is 0 Å². The second-order valence-corrected chi connectivity index (χ2v) is 1.18. The molecule has 0 spiro atoms. The molecule has 0 aromatic rings. The Morgan fingerprint density at radius 1 is 1.50 bits per heavy atom. The first kappa shape index (κ1) is 9.77. The van der Waals surface area contributed by atoms with Gasteiger partial charge >= 0.3 is 22.4 Å². The van der Waals surface area contributed by atoms with Crippen LogP contribution in [0.25, 0.3) is 0 Å². The predicted octanol–water partition coefficient (Wildman–Crippen LogP) is -0.586. The summed E-state index contributed by atoms with van der Waals surface area (Å²) in [5, 5.41) is 0. The molecule has 6 heavy (non-hydrogen) atoms. The molecule has 0 aliphatic rings. The molecule has 0 radical (unpaired) electrons. The van der Waals surface area contributed by atoms with Crippen LogP contribution in [0.15, 0.2) is 0 Å². The van der Waals surface area contributed by atoms with E-state index in [0.717, 1.165) is 0 Å². The van der Waals surface area contributed by atoms with Gasteiger partial charge in [-0.3, -0.25) is 0 Å². The van der Waals surface area contributed by atoms with Crippen molar-refractivity contribution in [3.8, 4) is 0 Å². The monoisotopic (exact) mass is 206 g/mol. The van der Waals surface area contributed by atoms with Gasteiger partial charge in [0, 0.05) is 0 Å². The summed E-state index contributed by atoms with van der Waals surface area (Å²) in [6.45, 7) is 0. The number of hydrogen-bond donors (Lipinski definition) is 0. The maximum atomic E-state index is 10.1. The van der Waals surface area contributed by atoms with Crippen molar-refractivity contribution >= 4 is 10.5 Å². The first-order valence-electron chi connectivity index (χ1n) is 0.654. The molecular formula is AgFO3S. The third kappa shape index (κ3) is 174. The van der Waals surface area contributed by atoms with Gasteiger partial charge in [0.1, 0.15) is 0 Å². The SMILES string of the molecule is O=S(=O)([O-])F.[Ag+]. The van der Waals surface area contributed by atoms with E-state index in [0.29, 0.717) is 0 Å². The molecular weight excluding hydrogens is 207 g/mol. The van der Waals surface area contributed by atoms with Crippen molar-refractivity contribution < 1.29 is 39.2 Å². The largest absolute Gasteiger partial charge is 1.00 e. The molecule has 0 unspecified atom stereocenters. The van der Waals surface area contributed by atoms with Crippen LogP contribution in [-0.2, 0) is 32.9 Å². The van der Waals surface area contributed by atoms with E-state index in [1.807, 2.05) is 0 Å². The summed E-state index contributed by atoms with van der Waals surface area (Å²) in [5.41, 5.74) is 0. The van der Waals surface area contributed by atoms with Crippen LogP contribution >= 0.6 is 0 Å². The zero-order chi connectivity index (χ0) is 4.50. The van der Waals surface area contributed by atoms with Crippen LogP contribution in [-0.4, -0.2) is 13.0 Å². The first-order chi connectivity index (χ1) is 2.00. The molecule has 0 saturated heterocycles. The maximum absolute atomic E-state index is 10.1. The summed E-state index contributed by atoms with van der Waals surface area (Å²) in [6.07, 6.45) is 0. The topological polar surface area (TPSA) is 57.2 Å². The van der Waals surface area contributed by atoms with Gasteiger partial charge in [0.25, 0.3) is 10.5 Å². The smallest absolute Gasteiger partial charge is 0.722 e. The third-order valence-electron chi connectivity index (χ3n) is 0. The third-order valence-corrected chi connectivity index (χ3v) is 0. The van der Waals surface area contributed by atoms with Crippen molar-refractivity contribution in [3.63, 3.8) is 0 Å². The summed E-state index contributed by atoms with van der Waals surface area (Å²) < 4.78 is 35.3.